The van der Waals surface area contributed by atoms with Gasteiger partial charge in [-0.1, -0.05) is 41.6 Å². The maximum atomic E-state index is 8.90. The molecule has 0 unspecified atom stereocenters. The summed E-state index contributed by atoms with van der Waals surface area (Å²) in [5.74, 6) is 2.42. The van der Waals surface area contributed by atoms with Crippen LogP contribution in [0.15, 0.2) is 53.7 Å². The molecule has 1 heterocycles. The highest BCUT2D eigenvalue weighted by Gasteiger charge is 2.31. The summed E-state index contributed by atoms with van der Waals surface area (Å²) in [6, 6.07) is 18.4. The van der Waals surface area contributed by atoms with Gasteiger partial charge in [-0.25, -0.2) is 0 Å². The fraction of sp³-hybridized carbons (Fsp3) is 0.250. The molecular formula is C20H18N4S. The minimum absolute atomic E-state index is 0.540. The van der Waals surface area contributed by atoms with Gasteiger partial charge in [0.2, 0.25) is 0 Å². The smallest absolute Gasteiger partial charge is 0.196 e. The number of hydrogen-bond donors (Lipinski definition) is 0. The van der Waals surface area contributed by atoms with Gasteiger partial charge in [0.1, 0.15) is 5.82 Å². The Bertz CT molecular complexity index is 916. The lowest BCUT2D eigenvalue weighted by molar-refractivity contribution is 0.829. The molecule has 0 bridgehead atoms. The molecule has 0 radical (unpaired) electrons. The van der Waals surface area contributed by atoms with Crippen molar-refractivity contribution >= 4 is 11.8 Å². The van der Waals surface area contributed by atoms with Gasteiger partial charge >= 0.3 is 0 Å². The molecule has 3 aromatic rings. The van der Waals surface area contributed by atoms with Crippen LogP contribution in [0.25, 0.3) is 5.69 Å². The third-order valence-electron chi connectivity index (χ3n) is 4.34. The average Bonchev–Trinajstić information content (AvgIpc) is 3.41. The van der Waals surface area contributed by atoms with Gasteiger partial charge in [0, 0.05) is 17.4 Å². The Morgan fingerprint density at radius 2 is 1.80 bits per heavy atom. The number of hydrogen-bond acceptors (Lipinski definition) is 4. The van der Waals surface area contributed by atoms with Gasteiger partial charge in [0.25, 0.3) is 0 Å². The number of benzene rings is 2. The topological polar surface area (TPSA) is 54.5 Å². The van der Waals surface area contributed by atoms with Crippen LogP contribution in [0.1, 0.15) is 41.3 Å². The molecule has 0 atom stereocenters. The molecule has 1 fully saturated rings. The molecule has 0 aliphatic heterocycles. The van der Waals surface area contributed by atoms with Crippen LogP contribution in [0, 0.1) is 18.3 Å². The lowest BCUT2D eigenvalue weighted by Crippen LogP contribution is -2.01. The fourth-order valence-electron chi connectivity index (χ4n) is 2.74. The molecule has 1 saturated carbocycles. The molecular weight excluding hydrogens is 328 g/mol. The van der Waals surface area contributed by atoms with Crippen molar-refractivity contribution in [2.75, 3.05) is 0 Å². The Labute approximate surface area is 151 Å². The first-order valence-electron chi connectivity index (χ1n) is 8.39. The molecule has 5 heteroatoms. The van der Waals surface area contributed by atoms with Crippen LogP contribution in [0.3, 0.4) is 0 Å². The predicted molar refractivity (Wildman–Crippen MR) is 98.8 cm³/mol. The first kappa shape index (κ1) is 15.9. The number of thioether (sulfide) groups is 1. The van der Waals surface area contributed by atoms with Crippen LogP contribution in [0.5, 0.6) is 0 Å². The molecule has 0 amide bonds. The van der Waals surface area contributed by atoms with E-state index in [9.17, 15) is 0 Å². The highest BCUT2D eigenvalue weighted by molar-refractivity contribution is 7.98. The second-order valence-corrected chi connectivity index (χ2v) is 7.33. The third kappa shape index (κ3) is 3.45. The van der Waals surface area contributed by atoms with Crippen LogP contribution in [0.4, 0.5) is 0 Å². The first-order valence-corrected chi connectivity index (χ1v) is 9.37. The van der Waals surface area contributed by atoms with Crippen molar-refractivity contribution in [3.8, 4) is 11.8 Å². The van der Waals surface area contributed by atoms with Gasteiger partial charge in [-0.05, 0) is 49.6 Å². The van der Waals surface area contributed by atoms with Crippen molar-refractivity contribution in [2.24, 2.45) is 0 Å². The molecule has 0 spiro atoms. The lowest BCUT2D eigenvalue weighted by Gasteiger charge is -2.10. The van der Waals surface area contributed by atoms with E-state index < -0.39 is 0 Å². The largest absolute Gasteiger partial charge is 0.274 e. The molecule has 0 N–H and O–H groups in total. The van der Waals surface area contributed by atoms with Crippen molar-refractivity contribution in [1.82, 2.24) is 14.8 Å². The Kier molecular flexibility index (Phi) is 4.29. The number of nitriles is 1. The standard InChI is InChI=1S/C20H18N4S/c1-14-2-10-18(11-3-14)24-19(17-8-9-17)22-23-20(24)25-13-16-6-4-15(12-21)5-7-16/h2-7,10-11,17H,8-9,13H2,1H3. The zero-order valence-corrected chi connectivity index (χ0v) is 14.8. The summed E-state index contributed by atoms with van der Waals surface area (Å²) >= 11 is 1.69. The van der Waals surface area contributed by atoms with Crippen molar-refractivity contribution in [3.05, 3.63) is 71.0 Å². The van der Waals surface area contributed by atoms with Gasteiger partial charge in [-0.3, -0.25) is 4.57 Å². The van der Waals surface area contributed by atoms with Gasteiger partial charge in [0.15, 0.2) is 5.16 Å². The van der Waals surface area contributed by atoms with Crippen LogP contribution in [0.2, 0.25) is 0 Å². The number of aryl methyl sites for hydroxylation is 1. The van der Waals surface area contributed by atoms with E-state index in [1.165, 1.54) is 24.0 Å². The highest BCUT2D eigenvalue weighted by Crippen LogP contribution is 2.41. The van der Waals surface area contributed by atoms with Crippen LogP contribution in [-0.2, 0) is 5.75 Å². The third-order valence-corrected chi connectivity index (χ3v) is 5.34. The molecule has 25 heavy (non-hydrogen) atoms. The van der Waals surface area contributed by atoms with E-state index in [1.54, 1.807) is 11.8 Å². The minimum atomic E-state index is 0.540. The second kappa shape index (κ2) is 6.73. The minimum Gasteiger partial charge on any atom is -0.274 e. The van der Waals surface area contributed by atoms with Gasteiger partial charge in [0.05, 0.1) is 11.6 Å². The van der Waals surface area contributed by atoms with Crippen molar-refractivity contribution in [3.63, 3.8) is 0 Å². The van der Waals surface area contributed by atoms with E-state index in [2.05, 4.69) is 52.0 Å². The summed E-state index contributed by atoms with van der Waals surface area (Å²) in [5, 5.41) is 18.7. The highest BCUT2D eigenvalue weighted by atomic mass is 32.2. The van der Waals surface area contributed by atoms with E-state index in [0.29, 0.717) is 11.5 Å². The van der Waals surface area contributed by atoms with Gasteiger partial charge in [-0.15, -0.1) is 10.2 Å². The van der Waals surface area contributed by atoms with Crippen LogP contribution >= 0.6 is 11.8 Å². The maximum Gasteiger partial charge on any atom is 0.196 e. The molecule has 1 aliphatic carbocycles. The van der Waals surface area contributed by atoms with Crippen molar-refractivity contribution in [2.45, 2.75) is 36.6 Å². The molecule has 2 aromatic carbocycles. The Morgan fingerprint density at radius 1 is 1.08 bits per heavy atom. The number of aromatic nitrogens is 3. The quantitative estimate of drug-likeness (QED) is 0.633. The zero-order chi connectivity index (χ0) is 17.2. The van der Waals surface area contributed by atoms with E-state index >= 15 is 0 Å². The van der Waals surface area contributed by atoms with Gasteiger partial charge in [-0.2, -0.15) is 5.26 Å². The van der Waals surface area contributed by atoms with Crippen LogP contribution in [-0.4, -0.2) is 14.8 Å². The Morgan fingerprint density at radius 3 is 2.44 bits per heavy atom. The summed E-state index contributed by atoms with van der Waals surface area (Å²) in [4.78, 5) is 0. The summed E-state index contributed by atoms with van der Waals surface area (Å²) in [5.41, 5.74) is 4.24. The van der Waals surface area contributed by atoms with E-state index in [-0.39, 0.29) is 0 Å². The van der Waals surface area contributed by atoms with Crippen molar-refractivity contribution in [1.29, 1.82) is 5.26 Å². The first-order chi connectivity index (χ1) is 12.2. The van der Waals surface area contributed by atoms with E-state index in [0.717, 1.165) is 22.4 Å². The lowest BCUT2D eigenvalue weighted by atomic mass is 10.2. The molecule has 124 valence electrons. The van der Waals surface area contributed by atoms with E-state index in [1.807, 2.05) is 24.3 Å². The van der Waals surface area contributed by atoms with E-state index in [4.69, 9.17) is 5.26 Å². The summed E-state index contributed by atoms with van der Waals surface area (Å²) < 4.78 is 2.20. The molecule has 4 rings (SSSR count). The maximum absolute atomic E-state index is 8.90. The Hall–Kier alpha value is -2.58. The molecule has 1 aliphatic rings. The van der Waals surface area contributed by atoms with Crippen LogP contribution < -0.4 is 0 Å². The zero-order valence-electron chi connectivity index (χ0n) is 14.0. The number of rotatable bonds is 5. The number of nitrogens with zero attached hydrogens (tertiary/aromatic N) is 4. The second-order valence-electron chi connectivity index (χ2n) is 6.38. The Balaban J connectivity index is 1.60. The summed E-state index contributed by atoms with van der Waals surface area (Å²) in [6.07, 6.45) is 2.40. The molecule has 1 aromatic heterocycles. The normalized spacial score (nSPS) is 13.6. The SMILES string of the molecule is Cc1ccc(-n2c(SCc3ccc(C#N)cc3)nnc2C2CC2)cc1. The van der Waals surface area contributed by atoms with Gasteiger partial charge < -0.3 is 0 Å². The van der Waals surface area contributed by atoms with Crippen molar-refractivity contribution < 1.29 is 0 Å². The summed E-state index contributed by atoms with van der Waals surface area (Å²) in [6.45, 7) is 2.10. The predicted octanol–water partition coefficient (Wildman–Crippen LogP) is 4.62. The molecule has 4 nitrogen and oxygen atoms in total. The fourth-order valence-corrected chi connectivity index (χ4v) is 3.66. The average molecular weight is 346 g/mol. The summed E-state index contributed by atoms with van der Waals surface area (Å²) in [7, 11) is 0. The monoisotopic (exact) mass is 346 g/mol. The molecule has 0 saturated heterocycles.